The fourth-order valence-electron chi connectivity index (χ4n) is 3.03. The van der Waals surface area contributed by atoms with Crippen LogP contribution in [0, 0.1) is 11.3 Å². The van der Waals surface area contributed by atoms with E-state index in [2.05, 4.69) is 13.0 Å². The van der Waals surface area contributed by atoms with E-state index < -0.39 is 0 Å². The predicted molar refractivity (Wildman–Crippen MR) is 59.1 cm³/mol. The van der Waals surface area contributed by atoms with Crippen LogP contribution in [0.25, 0.3) is 0 Å². The standard InChI is InChI=1S/C13H20O2/c1-10(14)15-12-6-8-13(2)7-4-3-5-11(13)9-12/h6,11H,3-5,7-9H2,1-2H3/t11-,13-/m1/s1. The van der Waals surface area contributed by atoms with Crippen molar-refractivity contribution in [3.63, 3.8) is 0 Å². The molecule has 2 atom stereocenters. The molecule has 0 unspecified atom stereocenters. The van der Waals surface area contributed by atoms with Crippen LogP contribution >= 0.6 is 0 Å². The Morgan fingerprint density at radius 3 is 3.07 bits per heavy atom. The van der Waals surface area contributed by atoms with Gasteiger partial charge >= 0.3 is 5.97 Å². The molecule has 1 fully saturated rings. The number of carbonyl (C=O) groups excluding carboxylic acids is 1. The van der Waals surface area contributed by atoms with Gasteiger partial charge in [0.15, 0.2) is 0 Å². The largest absolute Gasteiger partial charge is 0.432 e. The highest BCUT2D eigenvalue weighted by Gasteiger charge is 2.38. The van der Waals surface area contributed by atoms with Crippen molar-refractivity contribution in [3.8, 4) is 0 Å². The number of ether oxygens (including phenoxy) is 1. The topological polar surface area (TPSA) is 26.3 Å². The second kappa shape index (κ2) is 3.99. The van der Waals surface area contributed by atoms with Gasteiger partial charge in [-0.05, 0) is 36.7 Å². The molecule has 0 heterocycles. The summed E-state index contributed by atoms with van der Waals surface area (Å²) in [4.78, 5) is 10.9. The first-order valence-electron chi connectivity index (χ1n) is 5.98. The highest BCUT2D eigenvalue weighted by atomic mass is 16.5. The number of allylic oxidation sites excluding steroid dienone is 2. The fraction of sp³-hybridized carbons (Fsp3) is 0.769. The quantitative estimate of drug-likeness (QED) is 0.617. The average Bonchev–Trinajstić information content (AvgIpc) is 2.17. The number of esters is 1. The lowest BCUT2D eigenvalue weighted by Gasteiger charge is -2.44. The number of fused-ring (bicyclic) bond motifs is 1. The Morgan fingerprint density at radius 1 is 1.53 bits per heavy atom. The maximum Gasteiger partial charge on any atom is 0.307 e. The van der Waals surface area contributed by atoms with E-state index in [1.165, 1.54) is 32.6 Å². The van der Waals surface area contributed by atoms with Crippen LogP contribution in [0.3, 0.4) is 0 Å². The third kappa shape index (κ3) is 2.24. The van der Waals surface area contributed by atoms with Crippen molar-refractivity contribution in [3.05, 3.63) is 11.8 Å². The second-order valence-corrected chi connectivity index (χ2v) is 5.27. The van der Waals surface area contributed by atoms with Crippen LogP contribution in [-0.4, -0.2) is 5.97 Å². The zero-order valence-electron chi connectivity index (χ0n) is 9.71. The first kappa shape index (κ1) is 10.7. The normalized spacial score (nSPS) is 35.3. The Kier molecular flexibility index (Phi) is 2.85. The van der Waals surface area contributed by atoms with Gasteiger partial charge in [-0.3, -0.25) is 4.79 Å². The van der Waals surface area contributed by atoms with Crippen LogP contribution in [0.4, 0.5) is 0 Å². The maximum absolute atomic E-state index is 10.9. The van der Waals surface area contributed by atoms with E-state index >= 15 is 0 Å². The molecule has 2 heteroatoms. The van der Waals surface area contributed by atoms with Gasteiger partial charge in [0, 0.05) is 13.3 Å². The van der Waals surface area contributed by atoms with Crippen molar-refractivity contribution in [1.29, 1.82) is 0 Å². The van der Waals surface area contributed by atoms with Crippen molar-refractivity contribution in [2.45, 2.75) is 52.4 Å². The van der Waals surface area contributed by atoms with Crippen molar-refractivity contribution in [2.24, 2.45) is 11.3 Å². The summed E-state index contributed by atoms with van der Waals surface area (Å²) < 4.78 is 5.21. The first-order chi connectivity index (χ1) is 7.10. The van der Waals surface area contributed by atoms with Crippen LogP contribution in [-0.2, 0) is 9.53 Å². The maximum atomic E-state index is 10.9. The molecule has 0 radical (unpaired) electrons. The molecule has 2 aliphatic rings. The molecule has 1 saturated carbocycles. The Balaban J connectivity index is 2.06. The third-order valence-electron chi connectivity index (χ3n) is 4.05. The number of hydrogen-bond donors (Lipinski definition) is 0. The van der Waals surface area contributed by atoms with Crippen molar-refractivity contribution < 1.29 is 9.53 Å². The van der Waals surface area contributed by atoms with Gasteiger partial charge in [-0.25, -0.2) is 0 Å². The monoisotopic (exact) mass is 208 g/mol. The minimum Gasteiger partial charge on any atom is -0.432 e. The highest BCUT2D eigenvalue weighted by molar-refractivity contribution is 5.67. The van der Waals surface area contributed by atoms with Gasteiger partial charge in [0.05, 0.1) is 0 Å². The minimum absolute atomic E-state index is 0.180. The van der Waals surface area contributed by atoms with Gasteiger partial charge in [0.1, 0.15) is 5.76 Å². The fourth-order valence-corrected chi connectivity index (χ4v) is 3.03. The number of rotatable bonds is 1. The van der Waals surface area contributed by atoms with Crippen LogP contribution < -0.4 is 0 Å². The smallest absolute Gasteiger partial charge is 0.307 e. The lowest BCUT2D eigenvalue weighted by molar-refractivity contribution is -0.137. The Labute approximate surface area is 91.7 Å². The molecule has 0 spiro atoms. The summed E-state index contributed by atoms with van der Waals surface area (Å²) in [5, 5.41) is 0. The van der Waals surface area contributed by atoms with E-state index in [4.69, 9.17) is 4.74 Å². The molecule has 0 aliphatic heterocycles. The molecule has 84 valence electrons. The molecule has 0 amide bonds. The van der Waals surface area contributed by atoms with Crippen LogP contribution in [0.5, 0.6) is 0 Å². The Morgan fingerprint density at radius 2 is 2.33 bits per heavy atom. The zero-order valence-corrected chi connectivity index (χ0v) is 9.71. The summed E-state index contributed by atoms with van der Waals surface area (Å²) in [5.74, 6) is 1.46. The molecular formula is C13H20O2. The van der Waals surface area contributed by atoms with Crippen molar-refractivity contribution in [1.82, 2.24) is 0 Å². The molecule has 0 saturated heterocycles. The number of hydrogen-bond acceptors (Lipinski definition) is 2. The van der Waals surface area contributed by atoms with Crippen molar-refractivity contribution in [2.75, 3.05) is 0 Å². The molecule has 0 N–H and O–H groups in total. The zero-order chi connectivity index (χ0) is 10.9. The molecule has 0 aromatic heterocycles. The first-order valence-corrected chi connectivity index (χ1v) is 5.98. The second-order valence-electron chi connectivity index (χ2n) is 5.27. The van der Waals surface area contributed by atoms with E-state index in [1.54, 1.807) is 0 Å². The summed E-state index contributed by atoms with van der Waals surface area (Å²) in [6.45, 7) is 3.87. The van der Waals surface area contributed by atoms with Crippen LogP contribution in [0.2, 0.25) is 0 Å². The summed E-state index contributed by atoms with van der Waals surface area (Å²) in [6, 6.07) is 0. The SMILES string of the molecule is CC(=O)OC1=CC[C@@]2(C)CCCC[C@@H]2C1. The van der Waals surface area contributed by atoms with Gasteiger partial charge in [-0.2, -0.15) is 0 Å². The van der Waals surface area contributed by atoms with Crippen molar-refractivity contribution >= 4 is 5.97 Å². The van der Waals surface area contributed by atoms with Gasteiger partial charge < -0.3 is 4.74 Å². The lowest BCUT2D eigenvalue weighted by Crippen LogP contribution is -2.33. The molecule has 0 bridgehead atoms. The van der Waals surface area contributed by atoms with Gasteiger partial charge in [-0.15, -0.1) is 0 Å². The Bertz CT molecular complexity index is 293. The highest BCUT2D eigenvalue weighted by Crippen LogP contribution is 2.49. The average molecular weight is 208 g/mol. The van der Waals surface area contributed by atoms with E-state index in [9.17, 15) is 4.79 Å². The summed E-state index contributed by atoms with van der Waals surface area (Å²) >= 11 is 0. The molecular weight excluding hydrogens is 188 g/mol. The predicted octanol–water partition coefficient (Wildman–Crippen LogP) is 3.42. The Hall–Kier alpha value is -0.790. The molecule has 15 heavy (non-hydrogen) atoms. The van der Waals surface area contributed by atoms with Gasteiger partial charge in [-0.1, -0.05) is 19.8 Å². The molecule has 0 aromatic carbocycles. The van der Waals surface area contributed by atoms with Crippen LogP contribution in [0.15, 0.2) is 11.8 Å². The summed E-state index contributed by atoms with van der Waals surface area (Å²) in [6.07, 6.45) is 9.52. The molecule has 2 aliphatic carbocycles. The van der Waals surface area contributed by atoms with E-state index in [-0.39, 0.29) is 5.97 Å². The van der Waals surface area contributed by atoms with E-state index in [0.29, 0.717) is 5.41 Å². The van der Waals surface area contributed by atoms with Gasteiger partial charge in [0.25, 0.3) is 0 Å². The summed E-state index contributed by atoms with van der Waals surface area (Å²) in [5.41, 5.74) is 0.474. The number of carbonyl (C=O) groups is 1. The van der Waals surface area contributed by atoms with Gasteiger partial charge in [0.2, 0.25) is 0 Å². The molecule has 2 nitrogen and oxygen atoms in total. The molecule has 2 rings (SSSR count). The van der Waals surface area contributed by atoms with E-state index in [0.717, 1.165) is 24.5 Å². The lowest BCUT2D eigenvalue weighted by atomic mass is 9.62. The van der Waals surface area contributed by atoms with E-state index in [1.807, 2.05) is 0 Å². The third-order valence-corrected chi connectivity index (χ3v) is 4.05. The minimum atomic E-state index is -0.180. The van der Waals surface area contributed by atoms with Crippen LogP contribution in [0.1, 0.15) is 52.4 Å². The molecule has 0 aromatic rings. The summed E-state index contributed by atoms with van der Waals surface area (Å²) in [7, 11) is 0.